The third-order valence-corrected chi connectivity index (χ3v) is 6.51. The molecule has 2 atom stereocenters. The summed E-state index contributed by atoms with van der Waals surface area (Å²) in [4.78, 5) is 15.7. The average Bonchev–Trinajstić information content (AvgIpc) is 2.75. The minimum Gasteiger partial charge on any atom is -0.487 e. The second-order valence-electron chi connectivity index (χ2n) is 8.64. The Balaban J connectivity index is 1.58. The highest BCUT2D eigenvalue weighted by Crippen LogP contribution is 2.44. The second kappa shape index (κ2) is 8.58. The summed E-state index contributed by atoms with van der Waals surface area (Å²) < 4.78 is 6.54. The first-order valence-electron chi connectivity index (χ1n) is 10.9. The van der Waals surface area contributed by atoms with Gasteiger partial charge in [-0.2, -0.15) is 0 Å². The Kier molecular flexibility index (Phi) is 5.91. The van der Waals surface area contributed by atoms with Gasteiger partial charge < -0.3 is 15.0 Å². The number of carbonyl (C=O) groups excluding carboxylic acids is 1. The lowest BCUT2D eigenvalue weighted by Gasteiger charge is -2.46. The number of nitrogens with zero attached hydrogens (tertiary/aromatic N) is 1. The molecule has 2 aliphatic heterocycles. The lowest BCUT2D eigenvalue weighted by Crippen LogP contribution is -2.51. The first kappa shape index (κ1) is 20.0. The van der Waals surface area contributed by atoms with E-state index in [0.29, 0.717) is 0 Å². The van der Waals surface area contributed by atoms with Gasteiger partial charge in [-0.1, -0.05) is 61.9 Å². The number of ether oxygens (including phenoxy) is 1. The van der Waals surface area contributed by atoms with Crippen molar-refractivity contribution in [2.75, 3.05) is 20.1 Å². The monoisotopic (exact) mass is 392 g/mol. The van der Waals surface area contributed by atoms with E-state index in [1.54, 1.807) is 0 Å². The number of rotatable bonds is 5. The van der Waals surface area contributed by atoms with Crippen molar-refractivity contribution in [3.05, 3.63) is 65.7 Å². The molecule has 2 aliphatic rings. The SMILES string of the molecule is CCC[C@@H](C(=O)N[C@@H]1CC2(CCN(C)CC2)Oc2ccccc21)c1ccccc1. The zero-order valence-corrected chi connectivity index (χ0v) is 17.6. The van der Waals surface area contributed by atoms with Crippen molar-refractivity contribution in [1.29, 1.82) is 0 Å². The van der Waals surface area contributed by atoms with Crippen LogP contribution in [0.3, 0.4) is 0 Å². The number of para-hydroxylation sites is 1. The van der Waals surface area contributed by atoms with Crippen molar-refractivity contribution < 1.29 is 9.53 Å². The smallest absolute Gasteiger partial charge is 0.228 e. The molecule has 2 heterocycles. The van der Waals surface area contributed by atoms with Crippen LogP contribution in [0.5, 0.6) is 5.75 Å². The lowest BCUT2D eigenvalue weighted by atomic mass is 9.80. The van der Waals surface area contributed by atoms with Gasteiger partial charge in [0, 0.05) is 25.1 Å². The summed E-state index contributed by atoms with van der Waals surface area (Å²) in [5.74, 6) is 0.952. The topological polar surface area (TPSA) is 41.6 Å². The number of nitrogens with one attached hydrogen (secondary N) is 1. The van der Waals surface area contributed by atoms with E-state index in [-0.39, 0.29) is 23.5 Å². The Morgan fingerprint density at radius 3 is 2.55 bits per heavy atom. The van der Waals surface area contributed by atoms with Crippen LogP contribution in [-0.4, -0.2) is 36.5 Å². The first-order valence-corrected chi connectivity index (χ1v) is 10.9. The third kappa shape index (κ3) is 4.32. The van der Waals surface area contributed by atoms with Crippen LogP contribution in [0.1, 0.15) is 62.1 Å². The van der Waals surface area contributed by atoms with Gasteiger partial charge in [0.15, 0.2) is 0 Å². The van der Waals surface area contributed by atoms with Gasteiger partial charge in [0.05, 0.1) is 12.0 Å². The predicted octanol–water partition coefficient (Wildman–Crippen LogP) is 4.67. The van der Waals surface area contributed by atoms with E-state index < -0.39 is 0 Å². The fourth-order valence-electron chi connectivity index (χ4n) is 4.77. The Hall–Kier alpha value is -2.33. The van der Waals surface area contributed by atoms with E-state index in [0.717, 1.165) is 62.1 Å². The molecule has 4 rings (SSSR count). The molecule has 0 unspecified atom stereocenters. The summed E-state index contributed by atoms with van der Waals surface area (Å²) in [5, 5.41) is 3.41. The minimum atomic E-state index is -0.175. The highest BCUT2D eigenvalue weighted by atomic mass is 16.5. The highest BCUT2D eigenvalue weighted by molar-refractivity contribution is 5.84. The maximum Gasteiger partial charge on any atom is 0.228 e. The van der Waals surface area contributed by atoms with Crippen LogP contribution in [0, 0.1) is 0 Å². The summed E-state index contributed by atoms with van der Waals surface area (Å²) >= 11 is 0. The van der Waals surface area contributed by atoms with Gasteiger partial charge >= 0.3 is 0 Å². The van der Waals surface area contributed by atoms with Crippen LogP contribution in [-0.2, 0) is 4.79 Å². The van der Waals surface area contributed by atoms with Gasteiger partial charge in [-0.3, -0.25) is 4.79 Å². The molecule has 1 fully saturated rings. The molecule has 29 heavy (non-hydrogen) atoms. The summed E-state index contributed by atoms with van der Waals surface area (Å²) in [6.07, 6.45) is 4.68. The van der Waals surface area contributed by atoms with E-state index in [9.17, 15) is 4.79 Å². The fraction of sp³-hybridized carbons (Fsp3) is 0.480. The van der Waals surface area contributed by atoms with Crippen molar-refractivity contribution in [3.8, 4) is 5.75 Å². The van der Waals surface area contributed by atoms with Gasteiger partial charge in [0.2, 0.25) is 5.91 Å². The van der Waals surface area contributed by atoms with Gasteiger partial charge in [-0.15, -0.1) is 0 Å². The maximum atomic E-state index is 13.4. The van der Waals surface area contributed by atoms with E-state index in [1.807, 2.05) is 30.3 Å². The van der Waals surface area contributed by atoms with Crippen LogP contribution in [0.2, 0.25) is 0 Å². The molecule has 1 amide bonds. The van der Waals surface area contributed by atoms with Crippen molar-refractivity contribution >= 4 is 5.91 Å². The van der Waals surface area contributed by atoms with E-state index in [2.05, 4.69) is 48.5 Å². The van der Waals surface area contributed by atoms with Crippen molar-refractivity contribution in [1.82, 2.24) is 10.2 Å². The van der Waals surface area contributed by atoms with E-state index in [4.69, 9.17) is 4.74 Å². The van der Waals surface area contributed by atoms with Crippen LogP contribution in [0.4, 0.5) is 0 Å². The standard InChI is InChI=1S/C25H32N2O2/c1-3-9-20(19-10-5-4-6-11-19)24(28)26-22-18-25(14-16-27(2)17-15-25)29-23-13-8-7-12-21(22)23/h4-8,10-13,20,22H,3,9,14-18H2,1-2H3,(H,26,28)/t20-,22-/m1/s1. The highest BCUT2D eigenvalue weighted by Gasteiger charge is 2.43. The number of amides is 1. The Labute approximate surface area is 174 Å². The van der Waals surface area contributed by atoms with Gasteiger partial charge in [-0.25, -0.2) is 0 Å². The number of benzene rings is 2. The number of carbonyl (C=O) groups is 1. The molecule has 154 valence electrons. The van der Waals surface area contributed by atoms with Gasteiger partial charge in [0.1, 0.15) is 11.4 Å². The van der Waals surface area contributed by atoms with E-state index in [1.165, 1.54) is 0 Å². The minimum absolute atomic E-state index is 0.000996. The van der Waals surface area contributed by atoms with Crippen molar-refractivity contribution in [3.63, 3.8) is 0 Å². The fourth-order valence-corrected chi connectivity index (χ4v) is 4.77. The molecule has 1 N–H and O–H groups in total. The molecule has 1 saturated heterocycles. The Bertz CT molecular complexity index is 828. The number of hydrogen-bond donors (Lipinski definition) is 1. The summed E-state index contributed by atoms with van der Waals surface area (Å²) in [5.41, 5.74) is 2.03. The zero-order chi connectivity index (χ0) is 20.3. The molecular formula is C25H32N2O2. The quantitative estimate of drug-likeness (QED) is 0.804. The zero-order valence-electron chi connectivity index (χ0n) is 17.6. The molecule has 4 nitrogen and oxygen atoms in total. The predicted molar refractivity (Wildman–Crippen MR) is 116 cm³/mol. The Morgan fingerprint density at radius 2 is 1.83 bits per heavy atom. The van der Waals surface area contributed by atoms with Crippen LogP contribution < -0.4 is 10.1 Å². The summed E-state index contributed by atoms with van der Waals surface area (Å²) in [7, 11) is 2.16. The molecule has 0 aromatic heterocycles. The molecule has 0 bridgehead atoms. The molecule has 2 aromatic rings. The maximum absolute atomic E-state index is 13.4. The number of fused-ring (bicyclic) bond motifs is 1. The van der Waals surface area contributed by atoms with Crippen molar-refractivity contribution in [2.45, 2.75) is 56.6 Å². The molecule has 4 heteroatoms. The largest absolute Gasteiger partial charge is 0.487 e. The van der Waals surface area contributed by atoms with Crippen LogP contribution in [0.15, 0.2) is 54.6 Å². The van der Waals surface area contributed by atoms with E-state index >= 15 is 0 Å². The third-order valence-electron chi connectivity index (χ3n) is 6.51. The first-order chi connectivity index (χ1) is 14.1. The second-order valence-corrected chi connectivity index (χ2v) is 8.64. The molecule has 0 radical (unpaired) electrons. The van der Waals surface area contributed by atoms with Crippen LogP contribution >= 0.6 is 0 Å². The number of hydrogen-bond acceptors (Lipinski definition) is 3. The lowest BCUT2D eigenvalue weighted by molar-refractivity contribution is -0.124. The average molecular weight is 393 g/mol. The molecule has 0 saturated carbocycles. The van der Waals surface area contributed by atoms with Gasteiger partial charge in [0.25, 0.3) is 0 Å². The van der Waals surface area contributed by atoms with Crippen LogP contribution in [0.25, 0.3) is 0 Å². The van der Waals surface area contributed by atoms with Gasteiger partial charge in [-0.05, 0) is 37.9 Å². The normalized spacial score (nSPS) is 21.8. The molecular weight excluding hydrogens is 360 g/mol. The number of likely N-dealkylation sites (tertiary alicyclic amines) is 1. The summed E-state index contributed by atoms with van der Waals surface area (Å²) in [6.45, 7) is 4.21. The van der Waals surface area contributed by atoms with Crippen molar-refractivity contribution in [2.24, 2.45) is 0 Å². The summed E-state index contributed by atoms with van der Waals surface area (Å²) in [6, 6.07) is 18.4. The number of piperidine rings is 1. The Morgan fingerprint density at radius 1 is 1.14 bits per heavy atom. The molecule has 0 aliphatic carbocycles. The molecule has 2 aromatic carbocycles. The molecule has 1 spiro atoms.